The molecule has 0 saturated carbocycles. The van der Waals surface area contributed by atoms with Gasteiger partial charge in [-0.3, -0.25) is 10.1 Å². The molecule has 0 bridgehead atoms. The lowest BCUT2D eigenvalue weighted by molar-refractivity contribution is -0.386. The molecule has 19 heavy (non-hydrogen) atoms. The van der Waals surface area contributed by atoms with Crippen LogP contribution in [0.5, 0.6) is 11.6 Å². The van der Waals surface area contributed by atoms with Crippen molar-refractivity contribution in [3.8, 4) is 11.6 Å². The van der Waals surface area contributed by atoms with Crippen LogP contribution in [0.25, 0.3) is 0 Å². The van der Waals surface area contributed by atoms with Crippen LogP contribution < -0.4 is 4.74 Å². The van der Waals surface area contributed by atoms with E-state index < -0.39 is 22.2 Å². The summed E-state index contributed by atoms with van der Waals surface area (Å²) in [7, 11) is 0. The molecule has 0 spiro atoms. The van der Waals surface area contributed by atoms with E-state index in [4.69, 9.17) is 4.74 Å². The van der Waals surface area contributed by atoms with Gasteiger partial charge in [0.15, 0.2) is 11.6 Å². The molecular weight excluding hydrogens is 326 g/mol. The molecule has 1 heterocycles. The first-order valence-corrected chi connectivity index (χ1v) is 5.69. The molecule has 8 heteroatoms. The van der Waals surface area contributed by atoms with E-state index in [0.29, 0.717) is 10.5 Å². The number of nitro groups is 1. The van der Waals surface area contributed by atoms with Gasteiger partial charge in [-0.25, -0.2) is 13.8 Å². The Balaban J connectivity index is 2.40. The van der Waals surface area contributed by atoms with Crippen molar-refractivity contribution in [3.63, 3.8) is 0 Å². The SMILES string of the molecule is O=[N+]([O-])c1cc(Br)cnc1Oc1ccc(F)cc1F. The first-order valence-electron chi connectivity index (χ1n) is 4.90. The van der Waals surface area contributed by atoms with Gasteiger partial charge in [0.25, 0.3) is 5.88 Å². The zero-order valence-electron chi connectivity index (χ0n) is 9.14. The Bertz CT molecular complexity index is 652. The summed E-state index contributed by atoms with van der Waals surface area (Å²) in [6.45, 7) is 0. The van der Waals surface area contributed by atoms with Crippen molar-refractivity contribution in [1.29, 1.82) is 0 Å². The number of rotatable bonds is 3. The van der Waals surface area contributed by atoms with Crippen LogP contribution in [-0.2, 0) is 0 Å². The number of nitrogens with zero attached hydrogens (tertiary/aromatic N) is 2. The minimum atomic E-state index is -0.973. The van der Waals surface area contributed by atoms with Crippen molar-refractivity contribution in [2.45, 2.75) is 0 Å². The quantitative estimate of drug-likeness (QED) is 0.633. The van der Waals surface area contributed by atoms with E-state index >= 15 is 0 Å². The number of halogens is 3. The number of hydrogen-bond acceptors (Lipinski definition) is 4. The van der Waals surface area contributed by atoms with Gasteiger partial charge < -0.3 is 4.74 Å². The summed E-state index contributed by atoms with van der Waals surface area (Å²) < 4.78 is 31.5. The Labute approximate surface area is 114 Å². The van der Waals surface area contributed by atoms with Crippen LogP contribution in [0, 0.1) is 21.7 Å². The number of hydrogen-bond donors (Lipinski definition) is 0. The third-order valence-electron chi connectivity index (χ3n) is 2.10. The summed E-state index contributed by atoms with van der Waals surface area (Å²) in [6, 6.07) is 3.78. The van der Waals surface area contributed by atoms with Crippen molar-refractivity contribution >= 4 is 21.6 Å². The highest BCUT2D eigenvalue weighted by molar-refractivity contribution is 9.10. The molecule has 0 aliphatic rings. The van der Waals surface area contributed by atoms with Gasteiger partial charge in [-0.15, -0.1) is 0 Å². The van der Waals surface area contributed by atoms with Crippen LogP contribution in [0.3, 0.4) is 0 Å². The van der Waals surface area contributed by atoms with Gasteiger partial charge in [0, 0.05) is 22.8 Å². The summed E-state index contributed by atoms with van der Waals surface area (Å²) >= 11 is 3.03. The Morgan fingerprint density at radius 1 is 1.32 bits per heavy atom. The van der Waals surface area contributed by atoms with Crippen LogP contribution in [0.4, 0.5) is 14.5 Å². The fourth-order valence-electron chi connectivity index (χ4n) is 1.29. The predicted molar refractivity (Wildman–Crippen MR) is 65.0 cm³/mol. The van der Waals surface area contributed by atoms with Gasteiger partial charge in [-0.05, 0) is 28.1 Å². The molecule has 5 nitrogen and oxygen atoms in total. The molecular formula is C11H5BrF2N2O3. The summed E-state index contributed by atoms with van der Waals surface area (Å²) in [5, 5.41) is 10.8. The van der Waals surface area contributed by atoms with E-state index in [9.17, 15) is 18.9 Å². The van der Waals surface area contributed by atoms with Crippen LogP contribution in [0.15, 0.2) is 34.9 Å². The standard InChI is InChI=1S/C11H5BrF2N2O3/c12-6-3-9(16(17)18)11(15-5-6)19-10-2-1-7(13)4-8(10)14/h1-5H. The van der Waals surface area contributed by atoms with Gasteiger partial charge >= 0.3 is 5.69 Å². The average Bonchev–Trinajstić information content (AvgIpc) is 2.34. The largest absolute Gasteiger partial charge is 0.431 e. The van der Waals surface area contributed by atoms with E-state index in [1.165, 1.54) is 12.3 Å². The van der Waals surface area contributed by atoms with E-state index in [2.05, 4.69) is 20.9 Å². The van der Waals surface area contributed by atoms with Crippen LogP contribution in [0.2, 0.25) is 0 Å². The monoisotopic (exact) mass is 330 g/mol. The van der Waals surface area contributed by atoms with Crippen molar-refractivity contribution in [2.75, 3.05) is 0 Å². The first kappa shape index (κ1) is 13.3. The molecule has 98 valence electrons. The molecule has 0 aliphatic carbocycles. The van der Waals surface area contributed by atoms with Gasteiger partial charge in [-0.1, -0.05) is 0 Å². The minimum absolute atomic E-state index is 0.348. The van der Waals surface area contributed by atoms with Gasteiger partial charge in [-0.2, -0.15) is 0 Å². The molecule has 0 N–H and O–H groups in total. The van der Waals surface area contributed by atoms with Crippen LogP contribution in [0.1, 0.15) is 0 Å². The molecule has 0 aliphatic heterocycles. The molecule has 1 aromatic carbocycles. The summed E-state index contributed by atoms with van der Waals surface area (Å²) in [5.74, 6) is -2.47. The lowest BCUT2D eigenvalue weighted by atomic mass is 10.3. The maximum Gasteiger partial charge on any atom is 0.332 e. The van der Waals surface area contributed by atoms with E-state index in [0.717, 1.165) is 12.1 Å². The lowest BCUT2D eigenvalue weighted by Crippen LogP contribution is -1.97. The highest BCUT2D eigenvalue weighted by Crippen LogP contribution is 2.32. The zero-order chi connectivity index (χ0) is 14.0. The summed E-state index contributed by atoms with van der Waals surface area (Å²) in [4.78, 5) is 13.8. The molecule has 0 unspecified atom stereocenters. The van der Waals surface area contributed by atoms with E-state index in [1.807, 2.05) is 0 Å². The number of aromatic nitrogens is 1. The van der Waals surface area contributed by atoms with E-state index in [-0.39, 0.29) is 11.6 Å². The highest BCUT2D eigenvalue weighted by Gasteiger charge is 2.19. The van der Waals surface area contributed by atoms with Crippen LogP contribution in [-0.4, -0.2) is 9.91 Å². The van der Waals surface area contributed by atoms with Crippen molar-refractivity contribution < 1.29 is 18.4 Å². The van der Waals surface area contributed by atoms with Gasteiger partial charge in [0.1, 0.15) is 5.82 Å². The second-order valence-corrected chi connectivity index (χ2v) is 4.33. The smallest absolute Gasteiger partial charge is 0.332 e. The third-order valence-corrected chi connectivity index (χ3v) is 2.53. The Hall–Kier alpha value is -2.09. The van der Waals surface area contributed by atoms with Crippen LogP contribution >= 0.6 is 15.9 Å². The van der Waals surface area contributed by atoms with Crippen molar-refractivity contribution in [3.05, 3.63) is 56.7 Å². The number of pyridine rings is 1. The summed E-state index contributed by atoms with van der Waals surface area (Å²) in [5.41, 5.74) is -0.432. The topological polar surface area (TPSA) is 65.3 Å². The third kappa shape index (κ3) is 3.02. The zero-order valence-corrected chi connectivity index (χ0v) is 10.7. The fraction of sp³-hybridized carbons (Fsp3) is 0. The second-order valence-electron chi connectivity index (χ2n) is 3.41. The molecule has 2 rings (SSSR count). The lowest BCUT2D eigenvalue weighted by Gasteiger charge is -2.06. The minimum Gasteiger partial charge on any atom is -0.431 e. The van der Waals surface area contributed by atoms with Crippen molar-refractivity contribution in [1.82, 2.24) is 4.98 Å². The number of ether oxygens (including phenoxy) is 1. The maximum atomic E-state index is 13.4. The molecule has 0 atom stereocenters. The molecule has 0 radical (unpaired) electrons. The summed E-state index contributed by atoms with van der Waals surface area (Å²) in [6.07, 6.45) is 1.27. The molecule has 0 fully saturated rings. The molecule has 2 aromatic rings. The fourth-order valence-corrected chi connectivity index (χ4v) is 1.61. The molecule has 0 amide bonds. The second kappa shape index (κ2) is 5.27. The highest BCUT2D eigenvalue weighted by atomic mass is 79.9. The van der Waals surface area contributed by atoms with Gasteiger partial charge in [0.05, 0.1) is 4.92 Å². The Kier molecular flexibility index (Phi) is 3.70. The maximum absolute atomic E-state index is 13.4. The number of benzene rings is 1. The average molecular weight is 331 g/mol. The molecule has 0 saturated heterocycles. The van der Waals surface area contributed by atoms with E-state index in [1.54, 1.807) is 0 Å². The van der Waals surface area contributed by atoms with Gasteiger partial charge in [0.2, 0.25) is 0 Å². The normalized spacial score (nSPS) is 10.3. The first-order chi connectivity index (χ1) is 8.97. The van der Waals surface area contributed by atoms with Crippen molar-refractivity contribution in [2.24, 2.45) is 0 Å². The Morgan fingerprint density at radius 3 is 2.68 bits per heavy atom. The molecule has 1 aromatic heterocycles. The predicted octanol–water partition coefficient (Wildman–Crippen LogP) is 3.82. The Morgan fingerprint density at radius 2 is 2.05 bits per heavy atom.